The van der Waals surface area contributed by atoms with E-state index in [9.17, 15) is 0 Å². The van der Waals surface area contributed by atoms with E-state index in [1.165, 1.54) is 0 Å². The van der Waals surface area contributed by atoms with Crippen LogP contribution in [0, 0.1) is 0 Å². The first-order valence-corrected chi connectivity index (χ1v) is 6.55. The summed E-state index contributed by atoms with van der Waals surface area (Å²) in [5.74, 6) is 1.60. The standard InChI is InChI=1S/C13H19N5O/c1-3-9-19-12-7-5-11(6-8-12)10-14-13-15-16-17-18(13)4-2/h5-8H,3-4,9-10H2,1-2H3,(H,14,15,17). The predicted octanol–water partition coefficient (Wildman–Crippen LogP) is 2.09. The summed E-state index contributed by atoms with van der Waals surface area (Å²) in [7, 11) is 0. The maximum Gasteiger partial charge on any atom is 0.243 e. The van der Waals surface area contributed by atoms with E-state index in [-0.39, 0.29) is 0 Å². The van der Waals surface area contributed by atoms with Crippen LogP contribution >= 0.6 is 0 Å². The molecule has 0 aliphatic heterocycles. The van der Waals surface area contributed by atoms with E-state index in [0.717, 1.165) is 30.9 Å². The van der Waals surface area contributed by atoms with E-state index >= 15 is 0 Å². The van der Waals surface area contributed by atoms with Gasteiger partial charge in [0.05, 0.1) is 6.61 Å². The highest BCUT2D eigenvalue weighted by atomic mass is 16.5. The maximum atomic E-state index is 5.54. The fourth-order valence-corrected chi connectivity index (χ4v) is 1.65. The largest absolute Gasteiger partial charge is 0.494 e. The molecule has 6 heteroatoms. The number of aromatic nitrogens is 4. The van der Waals surface area contributed by atoms with Crippen molar-refractivity contribution in [2.45, 2.75) is 33.4 Å². The third-order valence-electron chi connectivity index (χ3n) is 2.68. The molecule has 0 saturated carbocycles. The van der Waals surface area contributed by atoms with Crippen LogP contribution in [0.5, 0.6) is 5.75 Å². The van der Waals surface area contributed by atoms with E-state index < -0.39 is 0 Å². The second-order valence-electron chi connectivity index (χ2n) is 4.16. The molecule has 0 amide bonds. The third kappa shape index (κ3) is 3.67. The van der Waals surface area contributed by atoms with Crippen molar-refractivity contribution in [2.75, 3.05) is 11.9 Å². The molecular weight excluding hydrogens is 242 g/mol. The van der Waals surface area contributed by atoms with Crippen LogP contribution in [0.4, 0.5) is 5.95 Å². The zero-order chi connectivity index (χ0) is 13.5. The number of hydrogen-bond donors (Lipinski definition) is 1. The number of benzene rings is 1. The molecule has 1 aromatic heterocycles. The Balaban J connectivity index is 1.89. The molecule has 6 nitrogen and oxygen atoms in total. The van der Waals surface area contributed by atoms with Crippen molar-refractivity contribution in [3.8, 4) is 5.75 Å². The fraction of sp³-hybridized carbons (Fsp3) is 0.462. The monoisotopic (exact) mass is 261 g/mol. The first kappa shape index (κ1) is 13.3. The number of ether oxygens (including phenoxy) is 1. The molecule has 0 spiro atoms. The lowest BCUT2D eigenvalue weighted by atomic mass is 10.2. The van der Waals surface area contributed by atoms with Gasteiger partial charge in [-0.15, -0.1) is 0 Å². The Hall–Kier alpha value is -2.11. The molecule has 1 aromatic carbocycles. The molecular formula is C13H19N5O. The lowest BCUT2D eigenvalue weighted by molar-refractivity contribution is 0.317. The minimum Gasteiger partial charge on any atom is -0.494 e. The van der Waals surface area contributed by atoms with Gasteiger partial charge >= 0.3 is 0 Å². The van der Waals surface area contributed by atoms with Crippen molar-refractivity contribution in [1.29, 1.82) is 0 Å². The van der Waals surface area contributed by atoms with Crippen LogP contribution in [0.25, 0.3) is 0 Å². The average molecular weight is 261 g/mol. The number of rotatable bonds is 7. The second kappa shape index (κ2) is 6.72. The summed E-state index contributed by atoms with van der Waals surface area (Å²) in [6.07, 6.45) is 1.02. The summed E-state index contributed by atoms with van der Waals surface area (Å²) in [5, 5.41) is 14.6. The highest BCUT2D eigenvalue weighted by Gasteiger charge is 2.03. The van der Waals surface area contributed by atoms with Gasteiger partial charge in [-0.05, 0) is 41.5 Å². The smallest absolute Gasteiger partial charge is 0.243 e. The van der Waals surface area contributed by atoms with Crippen molar-refractivity contribution < 1.29 is 4.74 Å². The number of nitrogens with one attached hydrogen (secondary N) is 1. The van der Waals surface area contributed by atoms with E-state index in [0.29, 0.717) is 12.5 Å². The average Bonchev–Trinajstić information content (AvgIpc) is 2.91. The van der Waals surface area contributed by atoms with Gasteiger partial charge in [-0.1, -0.05) is 24.2 Å². The Labute approximate surface area is 112 Å². The van der Waals surface area contributed by atoms with E-state index in [1.807, 2.05) is 31.2 Å². The minimum atomic E-state index is 0.689. The van der Waals surface area contributed by atoms with E-state index in [4.69, 9.17) is 4.74 Å². The van der Waals surface area contributed by atoms with Gasteiger partial charge in [0.2, 0.25) is 5.95 Å². The number of aryl methyl sites for hydroxylation is 1. The predicted molar refractivity (Wildman–Crippen MR) is 73.0 cm³/mol. The third-order valence-corrected chi connectivity index (χ3v) is 2.68. The van der Waals surface area contributed by atoms with Crippen LogP contribution in [-0.2, 0) is 13.1 Å². The summed E-state index contributed by atoms with van der Waals surface area (Å²) in [6, 6.07) is 8.04. The Morgan fingerprint density at radius 3 is 2.68 bits per heavy atom. The zero-order valence-electron chi connectivity index (χ0n) is 11.3. The summed E-state index contributed by atoms with van der Waals surface area (Å²) in [4.78, 5) is 0. The van der Waals surface area contributed by atoms with Gasteiger partial charge in [0.1, 0.15) is 5.75 Å². The van der Waals surface area contributed by atoms with Crippen molar-refractivity contribution in [3.63, 3.8) is 0 Å². The summed E-state index contributed by atoms with van der Waals surface area (Å²) in [5.41, 5.74) is 1.16. The van der Waals surface area contributed by atoms with Crippen molar-refractivity contribution >= 4 is 5.95 Å². The first-order valence-electron chi connectivity index (χ1n) is 6.55. The van der Waals surface area contributed by atoms with Gasteiger partial charge in [-0.2, -0.15) is 0 Å². The Morgan fingerprint density at radius 2 is 2.00 bits per heavy atom. The number of tetrazole rings is 1. The highest BCUT2D eigenvalue weighted by molar-refractivity contribution is 5.30. The van der Waals surface area contributed by atoms with Crippen LogP contribution < -0.4 is 10.1 Å². The van der Waals surface area contributed by atoms with E-state index in [1.54, 1.807) is 4.68 Å². The molecule has 0 unspecified atom stereocenters. The second-order valence-corrected chi connectivity index (χ2v) is 4.16. The minimum absolute atomic E-state index is 0.689. The van der Waals surface area contributed by atoms with Crippen LogP contribution in [0.3, 0.4) is 0 Å². The number of nitrogens with zero attached hydrogens (tertiary/aromatic N) is 4. The van der Waals surface area contributed by atoms with Crippen LogP contribution in [0.1, 0.15) is 25.8 Å². The molecule has 0 radical (unpaired) electrons. The molecule has 102 valence electrons. The molecule has 0 bridgehead atoms. The van der Waals surface area contributed by atoms with Gasteiger partial charge in [0.15, 0.2) is 0 Å². The molecule has 0 atom stereocenters. The normalized spacial score (nSPS) is 10.4. The van der Waals surface area contributed by atoms with E-state index in [2.05, 4.69) is 27.8 Å². The maximum absolute atomic E-state index is 5.54. The fourth-order valence-electron chi connectivity index (χ4n) is 1.65. The van der Waals surface area contributed by atoms with Gasteiger partial charge in [-0.25, -0.2) is 4.68 Å². The molecule has 0 aliphatic rings. The zero-order valence-corrected chi connectivity index (χ0v) is 11.3. The van der Waals surface area contributed by atoms with Crippen LogP contribution in [-0.4, -0.2) is 26.8 Å². The summed E-state index contributed by atoms with van der Waals surface area (Å²) < 4.78 is 7.26. The molecule has 1 N–H and O–H groups in total. The quantitative estimate of drug-likeness (QED) is 0.826. The van der Waals surface area contributed by atoms with Gasteiger partial charge in [0, 0.05) is 13.1 Å². The van der Waals surface area contributed by atoms with Gasteiger partial charge < -0.3 is 10.1 Å². The SMILES string of the molecule is CCCOc1ccc(CNc2nnnn2CC)cc1. The molecule has 2 aromatic rings. The molecule has 0 saturated heterocycles. The van der Waals surface area contributed by atoms with Gasteiger partial charge in [-0.3, -0.25) is 0 Å². The Morgan fingerprint density at radius 1 is 1.21 bits per heavy atom. The summed E-state index contributed by atoms with van der Waals surface area (Å²) in [6.45, 7) is 6.29. The lowest BCUT2D eigenvalue weighted by Gasteiger charge is -2.07. The molecule has 0 aliphatic carbocycles. The lowest BCUT2D eigenvalue weighted by Crippen LogP contribution is -2.07. The van der Waals surface area contributed by atoms with Crippen molar-refractivity contribution in [2.24, 2.45) is 0 Å². The van der Waals surface area contributed by atoms with Crippen LogP contribution in [0.2, 0.25) is 0 Å². The van der Waals surface area contributed by atoms with Crippen molar-refractivity contribution in [3.05, 3.63) is 29.8 Å². The Bertz CT molecular complexity index is 494. The topological polar surface area (TPSA) is 64.9 Å². The Kier molecular flexibility index (Phi) is 4.72. The van der Waals surface area contributed by atoms with Gasteiger partial charge in [0.25, 0.3) is 0 Å². The van der Waals surface area contributed by atoms with Crippen LogP contribution in [0.15, 0.2) is 24.3 Å². The van der Waals surface area contributed by atoms with Crippen molar-refractivity contribution in [1.82, 2.24) is 20.2 Å². The highest BCUT2D eigenvalue weighted by Crippen LogP contribution is 2.13. The number of hydrogen-bond acceptors (Lipinski definition) is 5. The molecule has 1 heterocycles. The first-order chi connectivity index (χ1) is 9.33. The molecule has 2 rings (SSSR count). The number of anilines is 1. The molecule has 0 fully saturated rings. The molecule has 19 heavy (non-hydrogen) atoms. The summed E-state index contributed by atoms with van der Waals surface area (Å²) >= 11 is 0.